The summed E-state index contributed by atoms with van der Waals surface area (Å²) < 4.78 is 5.54. The molecule has 21 heavy (non-hydrogen) atoms. The SMILES string of the molecule is O=C(O)c1ccc2nc(NCC3(CO)CCCC3)oc2c1. The second-order valence-corrected chi connectivity index (χ2v) is 5.73. The molecule has 1 aromatic carbocycles. The highest BCUT2D eigenvalue weighted by molar-refractivity contribution is 5.92. The first-order chi connectivity index (χ1) is 10.1. The number of nitrogens with one attached hydrogen (secondary N) is 1. The van der Waals surface area contributed by atoms with E-state index in [0.717, 1.165) is 25.7 Å². The summed E-state index contributed by atoms with van der Waals surface area (Å²) in [6, 6.07) is 4.97. The van der Waals surface area contributed by atoms with Gasteiger partial charge in [0.05, 0.1) is 12.2 Å². The Morgan fingerprint density at radius 3 is 2.81 bits per heavy atom. The first-order valence-electron chi connectivity index (χ1n) is 7.11. The molecule has 0 radical (unpaired) electrons. The van der Waals surface area contributed by atoms with Crippen LogP contribution in [-0.2, 0) is 0 Å². The van der Waals surface area contributed by atoms with Crippen LogP contribution in [0.5, 0.6) is 0 Å². The Morgan fingerprint density at radius 1 is 1.38 bits per heavy atom. The van der Waals surface area contributed by atoms with Crippen molar-refractivity contribution in [3.8, 4) is 0 Å². The number of aromatic carboxylic acids is 1. The van der Waals surface area contributed by atoms with Crippen molar-refractivity contribution in [2.24, 2.45) is 5.41 Å². The lowest BCUT2D eigenvalue weighted by Crippen LogP contribution is -2.30. The second-order valence-electron chi connectivity index (χ2n) is 5.73. The van der Waals surface area contributed by atoms with Gasteiger partial charge in [0, 0.05) is 12.0 Å². The molecule has 0 unspecified atom stereocenters. The number of rotatable bonds is 5. The normalized spacial score (nSPS) is 17.2. The van der Waals surface area contributed by atoms with E-state index < -0.39 is 5.97 Å². The van der Waals surface area contributed by atoms with Gasteiger partial charge in [-0.1, -0.05) is 12.8 Å². The Labute approximate surface area is 121 Å². The smallest absolute Gasteiger partial charge is 0.335 e. The molecule has 0 atom stereocenters. The van der Waals surface area contributed by atoms with Gasteiger partial charge in [-0.2, -0.15) is 4.98 Å². The van der Waals surface area contributed by atoms with Crippen molar-refractivity contribution in [2.75, 3.05) is 18.5 Å². The molecule has 2 aromatic rings. The minimum atomic E-state index is -0.993. The topological polar surface area (TPSA) is 95.6 Å². The molecule has 6 heteroatoms. The van der Waals surface area contributed by atoms with E-state index in [1.165, 1.54) is 12.1 Å². The lowest BCUT2D eigenvalue weighted by Gasteiger charge is -2.25. The van der Waals surface area contributed by atoms with Gasteiger partial charge in [-0.3, -0.25) is 0 Å². The molecule has 3 rings (SSSR count). The van der Waals surface area contributed by atoms with Crippen LogP contribution in [0.3, 0.4) is 0 Å². The number of carbonyl (C=O) groups is 1. The van der Waals surface area contributed by atoms with Crippen LogP contribution in [-0.4, -0.2) is 34.3 Å². The number of hydrogen-bond donors (Lipinski definition) is 3. The van der Waals surface area contributed by atoms with E-state index in [4.69, 9.17) is 9.52 Å². The second kappa shape index (κ2) is 5.37. The highest BCUT2D eigenvalue weighted by Crippen LogP contribution is 2.37. The maximum absolute atomic E-state index is 10.9. The van der Waals surface area contributed by atoms with Crippen molar-refractivity contribution < 1.29 is 19.4 Å². The molecule has 1 aliphatic carbocycles. The predicted octanol–water partition coefficient (Wildman–Crippen LogP) is 2.49. The molecular weight excluding hydrogens is 272 g/mol. The number of benzene rings is 1. The molecule has 1 saturated carbocycles. The van der Waals surface area contributed by atoms with Gasteiger partial charge in [-0.15, -0.1) is 0 Å². The summed E-state index contributed by atoms with van der Waals surface area (Å²) in [5, 5.41) is 21.7. The molecule has 0 bridgehead atoms. The van der Waals surface area contributed by atoms with Crippen LogP contribution in [0.2, 0.25) is 0 Å². The first-order valence-corrected chi connectivity index (χ1v) is 7.11. The number of carboxylic acid groups (broad SMARTS) is 1. The summed E-state index contributed by atoms with van der Waals surface area (Å²) in [5.41, 5.74) is 1.15. The standard InChI is InChI=1S/C15H18N2O4/c18-9-15(5-1-2-6-15)8-16-14-17-11-4-3-10(13(19)20)7-12(11)21-14/h3-4,7,18H,1-2,5-6,8-9H2,(H,16,17)(H,19,20). The average molecular weight is 290 g/mol. The number of carboxylic acids is 1. The van der Waals surface area contributed by atoms with Crippen molar-refractivity contribution >= 4 is 23.1 Å². The zero-order chi connectivity index (χ0) is 14.9. The average Bonchev–Trinajstić information content (AvgIpc) is 3.11. The Kier molecular flexibility index (Phi) is 3.55. The van der Waals surface area contributed by atoms with E-state index >= 15 is 0 Å². The van der Waals surface area contributed by atoms with Crippen LogP contribution in [0.4, 0.5) is 6.01 Å². The number of hydrogen-bond acceptors (Lipinski definition) is 5. The Balaban J connectivity index is 1.77. The van der Waals surface area contributed by atoms with Gasteiger partial charge in [-0.25, -0.2) is 4.79 Å². The summed E-state index contributed by atoms with van der Waals surface area (Å²) in [6.07, 6.45) is 4.27. The number of fused-ring (bicyclic) bond motifs is 1. The number of nitrogens with zero attached hydrogens (tertiary/aromatic N) is 1. The van der Waals surface area contributed by atoms with Gasteiger partial charge >= 0.3 is 5.97 Å². The van der Waals surface area contributed by atoms with Crippen molar-refractivity contribution in [1.29, 1.82) is 0 Å². The van der Waals surface area contributed by atoms with Gasteiger partial charge in [0.25, 0.3) is 6.01 Å². The van der Waals surface area contributed by atoms with Gasteiger partial charge in [0.1, 0.15) is 5.52 Å². The van der Waals surface area contributed by atoms with Crippen molar-refractivity contribution in [1.82, 2.24) is 4.98 Å². The third kappa shape index (κ3) is 2.71. The zero-order valence-corrected chi connectivity index (χ0v) is 11.6. The fourth-order valence-corrected chi connectivity index (χ4v) is 2.91. The van der Waals surface area contributed by atoms with Crippen LogP contribution < -0.4 is 5.32 Å². The zero-order valence-electron chi connectivity index (χ0n) is 11.6. The molecule has 0 spiro atoms. The molecule has 0 saturated heterocycles. The number of aliphatic hydroxyl groups excluding tert-OH is 1. The number of aromatic nitrogens is 1. The third-order valence-corrected chi connectivity index (χ3v) is 4.25. The van der Waals surface area contributed by atoms with E-state index in [1.54, 1.807) is 6.07 Å². The van der Waals surface area contributed by atoms with Crippen molar-refractivity contribution in [3.05, 3.63) is 23.8 Å². The van der Waals surface area contributed by atoms with Gasteiger partial charge in [0.15, 0.2) is 5.58 Å². The van der Waals surface area contributed by atoms with Crippen molar-refractivity contribution in [3.63, 3.8) is 0 Å². The van der Waals surface area contributed by atoms with Gasteiger partial charge in [0.2, 0.25) is 0 Å². The monoisotopic (exact) mass is 290 g/mol. The lowest BCUT2D eigenvalue weighted by molar-refractivity contribution is 0.0697. The summed E-state index contributed by atoms with van der Waals surface area (Å²) >= 11 is 0. The van der Waals surface area contributed by atoms with E-state index in [0.29, 0.717) is 23.7 Å². The van der Waals surface area contributed by atoms with Crippen LogP contribution in [0.1, 0.15) is 36.0 Å². The minimum absolute atomic E-state index is 0.0904. The predicted molar refractivity (Wildman–Crippen MR) is 77.4 cm³/mol. The molecular formula is C15H18N2O4. The fourth-order valence-electron chi connectivity index (χ4n) is 2.91. The van der Waals surface area contributed by atoms with Crippen LogP contribution in [0.15, 0.2) is 22.6 Å². The fraction of sp³-hybridized carbons (Fsp3) is 0.467. The Hall–Kier alpha value is -2.08. The third-order valence-electron chi connectivity index (χ3n) is 4.25. The number of aliphatic hydroxyl groups is 1. The number of oxazole rings is 1. The summed E-state index contributed by atoms with van der Waals surface area (Å²) in [6.45, 7) is 0.769. The van der Waals surface area contributed by atoms with Crippen LogP contribution >= 0.6 is 0 Å². The molecule has 1 aromatic heterocycles. The maximum Gasteiger partial charge on any atom is 0.335 e. The molecule has 0 aliphatic heterocycles. The summed E-state index contributed by atoms with van der Waals surface area (Å²) in [7, 11) is 0. The highest BCUT2D eigenvalue weighted by Gasteiger charge is 2.33. The largest absolute Gasteiger partial charge is 0.478 e. The highest BCUT2D eigenvalue weighted by atomic mass is 16.4. The summed E-state index contributed by atoms with van der Waals surface area (Å²) in [4.78, 5) is 15.2. The van der Waals surface area contributed by atoms with Gasteiger partial charge in [-0.05, 0) is 31.0 Å². The molecule has 3 N–H and O–H groups in total. The Bertz CT molecular complexity index is 659. The maximum atomic E-state index is 10.9. The first kappa shape index (κ1) is 13.9. The molecule has 112 valence electrons. The van der Waals surface area contributed by atoms with Crippen LogP contribution in [0, 0.1) is 5.41 Å². The Morgan fingerprint density at radius 2 is 2.14 bits per heavy atom. The lowest BCUT2D eigenvalue weighted by atomic mass is 9.87. The van der Waals surface area contributed by atoms with E-state index in [9.17, 15) is 9.90 Å². The molecule has 1 heterocycles. The molecule has 1 aliphatic rings. The summed E-state index contributed by atoms with van der Waals surface area (Å²) in [5.74, 6) is -0.993. The van der Waals surface area contributed by atoms with E-state index in [2.05, 4.69) is 10.3 Å². The van der Waals surface area contributed by atoms with Gasteiger partial charge < -0.3 is 19.9 Å². The molecule has 0 amide bonds. The van der Waals surface area contributed by atoms with Crippen molar-refractivity contribution in [2.45, 2.75) is 25.7 Å². The molecule has 6 nitrogen and oxygen atoms in total. The minimum Gasteiger partial charge on any atom is -0.478 e. The van der Waals surface area contributed by atoms with E-state index in [-0.39, 0.29) is 17.6 Å². The van der Waals surface area contributed by atoms with Crippen LogP contribution in [0.25, 0.3) is 11.1 Å². The number of anilines is 1. The quantitative estimate of drug-likeness (QED) is 0.783. The van der Waals surface area contributed by atoms with E-state index in [1.807, 2.05) is 0 Å². The molecule has 1 fully saturated rings.